The number of hydrogen-bond acceptors (Lipinski definition) is 5. The van der Waals surface area contributed by atoms with Crippen molar-refractivity contribution in [1.82, 2.24) is 24.4 Å². The molecule has 0 aliphatic carbocycles. The fourth-order valence-corrected chi connectivity index (χ4v) is 3.80. The molecule has 0 unspecified atom stereocenters. The molecule has 0 atom stereocenters. The molecule has 0 aliphatic rings. The molecule has 188 valence electrons. The molecule has 2 aromatic carbocycles. The minimum atomic E-state index is -0.602. The summed E-state index contributed by atoms with van der Waals surface area (Å²) in [6.07, 6.45) is 3.03. The zero-order valence-electron chi connectivity index (χ0n) is 20.3. The van der Waals surface area contributed by atoms with Crippen LogP contribution in [0.25, 0.3) is 22.5 Å². The highest BCUT2D eigenvalue weighted by atomic mass is 19.1. The second kappa shape index (κ2) is 9.01. The summed E-state index contributed by atoms with van der Waals surface area (Å²) in [6.45, 7) is 5.97. The minimum absolute atomic E-state index is 0.220. The number of carbonyl (C=O) groups is 1. The molecule has 5 aromatic rings. The molecule has 3 heterocycles. The Balaban J connectivity index is 1.39. The number of carbonyl (C=O) groups excluding carboxylic acids is 1. The van der Waals surface area contributed by atoms with Gasteiger partial charge in [0.1, 0.15) is 23.3 Å². The van der Waals surface area contributed by atoms with Crippen LogP contribution in [-0.2, 0) is 5.41 Å². The number of anilines is 3. The smallest absolute Gasteiger partial charge is 0.324 e. The van der Waals surface area contributed by atoms with Crippen LogP contribution in [0.2, 0.25) is 0 Å². The Morgan fingerprint density at radius 2 is 1.73 bits per heavy atom. The minimum Gasteiger partial charge on any atom is -0.383 e. The molecule has 4 N–H and O–H groups in total. The number of urea groups is 1. The normalized spacial score (nSPS) is 11.6. The van der Waals surface area contributed by atoms with Crippen molar-refractivity contribution in [2.24, 2.45) is 0 Å². The van der Waals surface area contributed by atoms with Gasteiger partial charge in [-0.05, 0) is 42.5 Å². The highest BCUT2D eigenvalue weighted by Crippen LogP contribution is 2.30. The third-order valence-electron chi connectivity index (χ3n) is 5.76. The number of halogens is 2. The summed E-state index contributed by atoms with van der Waals surface area (Å²) < 4.78 is 31.4. The van der Waals surface area contributed by atoms with E-state index in [1.54, 1.807) is 36.5 Å². The quantitative estimate of drug-likeness (QED) is 0.305. The molecule has 5 rings (SSSR count). The summed E-state index contributed by atoms with van der Waals surface area (Å²) in [6, 6.07) is 12.8. The first-order valence-corrected chi connectivity index (χ1v) is 11.4. The van der Waals surface area contributed by atoms with E-state index in [-0.39, 0.29) is 28.3 Å². The fourth-order valence-electron chi connectivity index (χ4n) is 3.80. The van der Waals surface area contributed by atoms with E-state index in [0.717, 1.165) is 5.69 Å². The van der Waals surface area contributed by atoms with E-state index < -0.39 is 11.8 Å². The van der Waals surface area contributed by atoms with Crippen LogP contribution in [0.1, 0.15) is 26.5 Å². The van der Waals surface area contributed by atoms with Gasteiger partial charge in [-0.1, -0.05) is 20.8 Å². The maximum absolute atomic E-state index is 15.0. The Morgan fingerprint density at radius 1 is 0.973 bits per heavy atom. The highest BCUT2D eigenvalue weighted by molar-refractivity contribution is 5.99. The summed E-state index contributed by atoms with van der Waals surface area (Å²) in [5.74, 6) is -0.357. The van der Waals surface area contributed by atoms with Gasteiger partial charge in [0.05, 0.1) is 17.6 Å². The SMILES string of the molecule is CC(C)(C)c1cc(NC(=O)Nc2ccc(-c3cnc4ccnn4c3N)c(F)c2)n(-c2ccc(F)cc2)n1. The summed E-state index contributed by atoms with van der Waals surface area (Å²) in [5, 5.41) is 14.1. The van der Waals surface area contributed by atoms with Crippen LogP contribution in [0.15, 0.2) is 67.0 Å². The third kappa shape index (κ3) is 4.70. The first-order chi connectivity index (χ1) is 17.6. The second-order valence-corrected chi connectivity index (χ2v) is 9.49. The van der Waals surface area contributed by atoms with Gasteiger partial charge in [0.15, 0.2) is 5.65 Å². The van der Waals surface area contributed by atoms with E-state index in [4.69, 9.17) is 5.73 Å². The van der Waals surface area contributed by atoms with Crippen LogP contribution in [-0.4, -0.2) is 30.4 Å². The number of rotatable bonds is 4. The van der Waals surface area contributed by atoms with E-state index in [1.807, 2.05) is 20.8 Å². The lowest BCUT2D eigenvalue weighted by Crippen LogP contribution is -2.21. The number of amides is 2. The highest BCUT2D eigenvalue weighted by Gasteiger charge is 2.22. The fraction of sp³-hybridized carbons (Fsp3) is 0.154. The van der Waals surface area contributed by atoms with Crippen molar-refractivity contribution in [3.63, 3.8) is 0 Å². The number of hydrogen-bond donors (Lipinski definition) is 3. The van der Waals surface area contributed by atoms with Gasteiger partial charge < -0.3 is 11.1 Å². The van der Waals surface area contributed by atoms with Crippen LogP contribution < -0.4 is 16.4 Å². The number of nitrogen functional groups attached to an aromatic ring is 1. The zero-order valence-corrected chi connectivity index (χ0v) is 20.3. The lowest BCUT2D eigenvalue weighted by molar-refractivity contribution is 0.262. The van der Waals surface area contributed by atoms with Gasteiger partial charge in [-0.2, -0.15) is 14.7 Å². The first kappa shape index (κ1) is 23.9. The summed E-state index contributed by atoms with van der Waals surface area (Å²) in [7, 11) is 0. The van der Waals surface area contributed by atoms with E-state index in [9.17, 15) is 9.18 Å². The van der Waals surface area contributed by atoms with Crippen molar-refractivity contribution in [3.8, 4) is 16.8 Å². The molecule has 0 radical (unpaired) electrons. The van der Waals surface area contributed by atoms with Gasteiger partial charge in [0.2, 0.25) is 0 Å². The van der Waals surface area contributed by atoms with E-state index in [2.05, 4.69) is 25.8 Å². The maximum atomic E-state index is 15.0. The Hall–Kier alpha value is -4.80. The molecule has 0 bridgehead atoms. The van der Waals surface area contributed by atoms with Crippen molar-refractivity contribution in [2.45, 2.75) is 26.2 Å². The Bertz CT molecular complexity index is 1620. The predicted octanol–water partition coefficient (Wildman–Crippen LogP) is 5.38. The van der Waals surface area contributed by atoms with Gasteiger partial charge in [0.25, 0.3) is 0 Å². The van der Waals surface area contributed by atoms with E-state index in [0.29, 0.717) is 22.7 Å². The second-order valence-electron chi connectivity index (χ2n) is 9.49. The summed E-state index contributed by atoms with van der Waals surface area (Å²) >= 11 is 0. The van der Waals surface area contributed by atoms with Crippen molar-refractivity contribution in [1.29, 1.82) is 0 Å². The average Bonchev–Trinajstić information content (AvgIpc) is 3.48. The van der Waals surface area contributed by atoms with E-state index in [1.165, 1.54) is 39.7 Å². The van der Waals surface area contributed by atoms with Crippen LogP contribution in [0, 0.1) is 11.6 Å². The van der Waals surface area contributed by atoms with Crippen molar-refractivity contribution in [3.05, 3.63) is 84.3 Å². The molecular weight excluding hydrogens is 478 g/mol. The van der Waals surface area contributed by atoms with Crippen molar-refractivity contribution >= 4 is 29.0 Å². The molecule has 9 nitrogen and oxygen atoms in total. The number of nitrogens with zero attached hydrogens (tertiary/aromatic N) is 5. The molecule has 0 spiro atoms. The number of benzene rings is 2. The largest absolute Gasteiger partial charge is 0.383 e. The van der Waals surface area contributed by atoms with Crippen molar-refractivity contribution < 1.29 is 13.6 Å². The molecule has 3 aromatic heterocycles. The van der Waals surface area contributed by atoms with Gasteiger partial charge in [0, 0.05) is 40.6 Å². The molecule has 37 heavy (non-hydrogen) atoms. The van der Waals surface area contributed by atoms with Gasteiger partial charge >= 0.3 is 6.03 Å². The van der Waals surface area contributed by atoms with Crippen LogP contribution in [0.4, 0.5) is 30.9 Å². The predicted molar refractivity (Wildman–Crippen MR) is 138 cm³/mol. The van der Waals surface area contributed by atoms with Gasteiger partial charge in [-0.15, -0.1) is 0 Å². The number of nitrogens with two attached hydrogens (primary N) is 1. The lowest BCUT2D eigenvalue weighted by Gasteiger charge is -2.14. The van der Waals surface area contributed by atoms with Gasteiger partial charge in [-0.25, -0.2) is 23.2 Å². The summed E-state index contributed by atoms with van der Waals surface area (Å²) in [4.78, 5) is 17.1. The Labute approximate surface area is 210 Å². The van der Waals surface area contributed by atoms with Crippen LogP contribution in [0.3, 0.4) is 0 Å². The van der Waals surface area contributed by atoms with Crippen LogP contribution in [0.5, 0.6) is 0 Å². The monoisotopic (exact) mass is 502 g/mol. The summed E-state index contributed by atoms with van der Waals surface area (Å²) in [5.41, 5.74) is 8.53. The number of nitrogens with one attached hydrogen (secondary N) is 2. The number of fused-ring (bicyclic) bond motifs is 1. The first-order valence-electron chi connectivity index (χ1n) is 11.4. The molecule has 0 aliphatic heterocycles. The molecule has 0 saturated heterocycles. The number of aromatic nitrogens is 5. The standard InChI is InChI=1S/C26H24F2N8O/c1-26(2,3)21-13-23(35(34-21)17-7-4-15(27)5-8-17)33-25(37)32-16-6-9-18(20(28)12-16)19-14-30-22-10-11-31-36(22)24(19)29/h4-14H,29H2,1-3H3,(H2,32,33,37). The van der Waals surface area contributed by atoms with Gasteiger partial charge in [-0.3, -0.25) is 5.32 Å². The molecule has 0 saturated carbocycles. The molecule has 11 heteroatoms. The van der Waals surface area contributed by atoms with Crippen molar-refractivity contribution in [2.75, 3.05) is 16.4 Å². The molecule has 2 amide bonds. The topological polar surface area (TPSA) is 115 Å². The van der Waals surface area contributed by atoms with Crippen LogP contribution >= 0.6 is 0 Å². The maximum Gasteiger partial charge on any atom is 0.324 e. The average molecular weight is 503 g/mol. The van der Waals surface area contributed by atoms with E-state index >= 15 is 4.39 Å². The molecule has 0 fully saturated rings. The third-order valence-corrected chi connectivity index (χ3v) is 5.76. The zero-order chi connectivity index (χ0) is 26.3. The lowest BCUT2D eigenvalue weighted by atomic mass is 9.92. The Kier molecular flexibility index (Phi) is 5.82. The Morgan fingerprint density at radius 3 is 2.43 bits per heavy atom. The molecular formula is C26H24F2N8O.